The van der Waals surface area contributed by atoms with Gasteiger partial charge in [0.05, 0.1) is 0 Å². The van der Waals surface area contributed by atoms with E-state index in [0.29, 0.717) is 5.56 Å². The van der Waals surface area contributed by atoms with Crippen LogP contribution >= 0.6 is 0 Å². The van der Waals surface area contributed by atoms with Gasteiger partial charge in [-0.15, -0.1) is 0 Å². The zero-order chi connectivity index (χ0) is 14.0. The molecule has 0 fully saturated rings. The van der Waals surface area contributed by atoms with E-state index in [1.165, 1.54) is 22.8 Å². The fourth-order valence-corrected chi connectivity index (χ4v) is 2.20. The van der Waals surface area contributed by atoms with E-state index in [9.17, 15) is 4.39 Å². The molecule has 0 aliphatic heterocycles. The van der Waals surface area contributed by atoms with E-state index in [1.807, 2.05) is 6.07 Å². The smallest absolute Gasteiger partial charge is 0.126 e. The van der Waals surface area contributed by atoms with Crippen molar-refractivity contribution in [1.82, 2.24) is 0 Å². The highest BCUT2D eigenvalue weighted by Gasteiger charge is 2.09. The molecule has 0 amide bonds. The lowest BCUT2D eigenvalue weighted by Crippen LogP contribution is -2.13. The topological polar surface area (TPSA) is 26.0 Å². The average molecular weight is 257 g/mol. The van der Waals surface area contributed by atoms with Gasteiger partial charge in [-0.1, -0.05) is 30.3 Å². The summed E-state index contributed by atoms with van der Waals surface area (Å²) in [6.07, 6.45) is 0.770. The third-order valence-corrected chi connectivity index (χ3v) is 3.64. The summed E-state index contributed by atoms with van der Waals surface area (Å²) in [5, 5.41) is 0. The van der Waals surface area contributed by atoms with Gasteiger partial charge in [0.25, 0.3) is 0 Å². The number of halogens is 1. The summed E-state index contributed by atoms with van der Waals surface area (Å²) < 4.78 is 13.2. The Morgan fingerprint density at radius 1 is 0.947 bits per heavy atom. The molecule has 0 saturated carbocycles. The number of rotatable bonds is 3. The molecule has 2 N–H and O–H groups in total. The van der Waals surface area contributed by atoms with E-state index in [-0.39, 0.29) is 11.9 Å². The number of hydrogen-bond donors (Lipinski definition) is 1. The summed E-state index contributed by atoms with van der Waals surface area (Å²) in [6, 6.07) is 11.4. The van der Waals surface area contributed by atoms with Gasteiger partial charge in [0.2, 0.25) is 0 Å². The van der Waals surface area contributed by atoms with E-state index in [0.717, 1.165) is 12.0 Å². The second-order valence-corrected chi connectivity index (χ2v) is 5.24. The van der Waals surface area contributed by atoms with Crippen LogP contribution in [0, 0.1) is 26.6 Å². The van der Waals surface area contributed by atoms with Crippen molar-refractivity contribution in [2.75, 3.05) is 0 Å². The number of aryl methyl sites for hydroxylation is 3. The van der Waals surface area contributed by atoms with E-state index in [2.05, 4.69) is 32.0 Å². The third kappa shape index (κ3) is 3.21. The van der Waals surface area contributed by atoms with Crippen LogP contribution < -0.4 is 5.73 Å². The summed E-state index contributed by atoms with van der Waals surface area (Å²) in [6.45, 7) is 5.97. The molecule has 0 heterocycles. The fourth-order valence-electron chi connectivity index (χ4n) is 2.20. The van der Waals surface area contributed by atoms with Crippen LogP contribution in [0.2, 0.25) is 0 Å². The highest BCUT2D eigenvalue weighted by Crippen LogP contribution is 2.20. The quantitative estimate of drug-likeness (QED) is 0.884. The van der Waals surface area contributed by atoms with Gasteiger partial charge >= 0.3 is 0 Å². The molecule has 100 valence electrons. The minimum absolute atomic E-state index is 0.0959. The monoisotopic (exact) mass is 257 g/mol. The Morgan fingerprint density at radius 3 is 2.32 bits per heavy atom. The molecule has 1 nitrogen and oxygen atoms in total. The zero-order valence-electron chi connectivity index (χ0n) is 11.7. The molecule has 2 rings (SSSR count). The van der Waals surface area contributed by atoms with Crippen molar-refractivity contribution in [3.8, 4) is 0 Å². The first-order valence-corrected chi connectivity index (χ1v) is 6.55. The van der Waals surface area contributed by atoms with Crippen LogP contribution in [0.25, 0.3) is 0 Å². The molecule has 1 atom stereocenters. The Morgan fingerprint density at radius 2 is 1.68 bits per heavy atom. The van der Waals surface area contributed by atoms with Gasteiger partial charge in [-0.25, -0.2) is 4.39 Å². The Balaban J connectivity index is 2.17. The average Bonchev–Trinajstić information content (AvgIpc) is 2.37. The van der Waals surface area contributed by atoms with Crippen LogP contribution in [0.3, 0.4) is 0 Å². The number of nitrogens with two attached hydrogens (primary N) is 1. The molecular formula is C17H20FN. The molecule has 2 aromatic carbocycles. The van der Waals surface area contributed by atoms with Gasteiger partial charge in [0.1, 0.15) is 5.82 Å². The van der Waals surface area contributed by atoms with Crippen LogP contribution in [-0.4, -0.2) is 0 Å². The summed E-state index contributed by atoms with van der Waals surface area (Å²) in [4.78, 5) is 0. The Bertz CT molecular complexity index is 590. The highest BCUT2D eigenvalue weighted by atomic mass is 19.1. The Hall–Kier alpha value is -1.67. The Kier molecular flexibility index (Phi) is 4.01. The van der Waals surface area contributed by atoms with Crippen LogP contribution in [-0.2, 0) is 6.42 Å². The number of hydrogen-bond acceptors (Lipinski definition) is 1. The summed E-state index contributed by atoms with van der Waals surface area (Å²) in [7, 11) is 0. The van der Waals surface area contributed by atoms with E-state index < -0.39 is 0 Å². The zero-order valence-corrected chi connectivity index (χ0v) is 11.7. The largest absolute Gasteiger partial charge is 0.324 e. The molecule has 19 heavy (non-hydrogen) atoms. The minimum atomic E-state index is -0.179. The Labute approximate surface area is 114 Å². The first kappa shape index (κ1) is 13.8. The molecule has 0 spiro atoms. The van der Waals surface area contributed by atoms with Crippen molar-refractivity contribution in [3.05, 3.63) is 70.0 Å². The number of benzene rings is 2. The van der Waals surface area contributed by atoms with Crippen molar-refractivity contribution in [3.63, 3.8) is 0 Å². The van der Waals surface area contributed by atoms with Gasteiger partial charge in [-0.05, 0) is 61.1 Å². The van der Waals surface area contributed by atoms with Gasteiger partial charge < -0.3 is 5.73 Å². The minimum Gasteiger partial charge on any atom is -0.324 e. The first-order chi connectivity index (χ1) is 8.97. The van der Waals surface area contributed by atoms with Gasteiger partial charge in [0.15, 0.2) is 0 Å². The standard InChI is InChI=1S/C17H20FN/c1-11-4-5-14(8-12(11)2)10-17(19)15-6-7-16(18)13(3)9-15/h4-9,17H,10,19H2,1-3H3. The van der Waals surface area contributed by atoms with Crippen molar-refractivity contribution in [1.29, 1.82) is 0 Å². The van der Waals surface area contributed by atoms with Crippen molar-refractivity contribution < 1.29 is 4.39 Å². The normalized spacial score (nSPS) is 12.5. The second-order valence-electron chi connectivity index (χ2n) is 5.24. The third-order valence-electron chi connectivity index (χ3n) is 3.64. The maximum absolute atomic E-state index is 13.2. The molecule has 0 radical (unpaired) electrons. The molecule has 0 aliphatic carbocycles. The molecule has 0 saturated heterocycles. The van der Waals surface area contributed by atoms with Crippen LogP contribution in [0.4, 0.5) is 4.39 Å². The maximum Gasteiger partial charge on any atom is 0.126 e. The molecule has 1 unspecified atom stereocenters. The molecule has 0 aromatic heterocycles. The predicted molar refractivity (Wildman–Crippen MR) is 77.7 cm³/mol. The molecule has 2 aromatic rings. The lowest BCUT2D eigenvalue weighted by molar-refractivity contribution is 0.615. The van der Waals surface area contributed by atoms with E-state index in [1.54, 1.807) is 13.0 Å². The van der Waals surface area contributed by atoms with Crippen molar-refractivity contribution >= 4 is 0 Å². The van der Waals surface area contributed by atoms with Crippen molar-refractivity contribution in [2.45, 2.75) is 33.2 Å². The summed E-state index contributed by atoms with van der Waals surface area (Å²) >= 11 is 0. The van der Waals surface area contributed by atoms with Crippen LogP contribution in [0.5, 0.6) is 0 Å². The lowest BCUT2D eigenvalue weighted by Gasteiger charge is -2.14. The molecule has 0 aliphatic rings. The molecular weight excluding hydrogens is 237 g/mol. The summed E-state index contributed by atoms with van der Waals surface area (Å²) in [5.41, 5.74) is 11.6. The lowest BCUT2D eigenvalue weighted by atomic mass is 9.96. The van der Waals surface area contributed by atoms with Crippen LogP contribution in [0.1, 0.15) is 33.9 Å². The maximum atomic E-state index is 13.2. The van der Waals surface area contributed by atoms with E-state index >= 15 is 0 Å². The first-order valence-electron chi connectivity index (χ1n) is 6.55. The highest BCUT2D eigenvalue weighted by molar-refractivity contribution is 5.32. The van der Waals surface area contributed by atoms with Gasteiger partial charge in [-0.3, -0.25) is 0 Å². The molecule has 2 heteroatoms. The fraction of sp³-hybridized carbons (Fsp3) is 0.294. The van der Waals surface area contributed by atoms with Gasteiger partial charge in [-0.2, -0.15) is 0 Å². The predicted octanol–water partition coefficient (Wildman–Crippen LogP) is 3.99. The van der Waals surface area contributed by atoms with Crippen LogP contribution in [0.15, 0.2) is 36.4 Å². The molecule has 0 bridgehead atoms. The second kappa shape index (κ2) is 5.54. The van der Waals surface area contributed by atoms with Gasteiger partial charge in [0, 0.05) is 6.04 Å². The van der Waals surface area contributed by atoms with E-state index in [4.69, 9.17) is 5.73 Å². The van der Waals surface area contributed by atoms with Crippen molar-refractivity contribution in [2.24, 2.45) is 5.73 Å². The SMILES string of the molecule is Cc1ccc(CC(N)c2ccc(F)c(C)c2)cc1C. The summed E-state index contributed by atoms with van der Waals surface area (Å²) in [5.74, 6) is -0.179.